The molecule has 1 heterocycles. The number of nitrogens with two attached hydrogens (primary N) is 1. The topological polar surface area (TPSA) is 63.4 Å². The van der Waals surface area contributed by atoms with Crippen molar-refractivity contribution < 1.29 is 8.42 Å². The Morgan fingerprint density at radius 3 is 2.76 bits per heavy atom. The molecule has 0 radical (unpaired) electrons. The van der Waals surface area contributed by atoms with Crippen molar-refractivity contribution in [3.05, 3.63) is 16.3 Å². The van der Waals surface area contributed by atoms with Crippen LogP contribution in [0.5, 0.6) is 0 Å². The molecule has 1 fully saturated rings. The number of hydrogen-bond donors (Lipinski definition) is 1. The second-order valence-corrected chi connectivity index (χ2v) is 7.12. The van der Waals surface area contributed by atoms with Crippen molar-refractivity contribution in [1.29, 1.82) is 0 Å². The fourth-order valence-corrected chi connectivity index (χ4v) is 5.00. The number of thiophene rings is 1. The summed E-state index contributed by atoms with van der Waals surface area (Å²) in [5.74, 6) is 0. The summed E-state index contributed by atoms with van der Waals surface area (Å²) < 4.78 is 26.7. The van der Waals surface area contributed by atoms with Crippen LogP contribution in [0.15, 0.2) is 16.3 Å². The first kappa shape index (κ1) is 13.0. The molecule has 0 aliphatic heterocycles. The van der Waals surface area contributed by atoms with Gasteiger partial charge in [-0.15, -0.1) is 11.3 Å². The molecular weight excluding hydrogens is 256 g/mol. The van der Waals surface area contributed by atoms with Crippen molar-refractivity contribution in [2.75, 3.05) is 6.54 Å². The molecule has 1 aromatic rings. The van der Waals surface area contributed by atoms with E-state index in [1.54, 1.807) is 15.8 Å². The molecule has 1 aliphatic rings. The van der Waals surface area contributed by atoms with E-state index in [0.29, 0.717) is 11.4 Å². The van der Waals surface area contributed by atoms with Crippen LogP contribution >= 0.6 is 11.3 Å². The molecular formula is C11H18N2O2S2. The van der Waals surface area contributed by atoms with Gasteiger partial charge in [0.2, 0.25) is 10.0 Å². The van der Waals surface area contributed by atoms with Crippen LogP contribution in [0.1, 0.15) is 31.1 Å². The molecule has 0 unspecified atom stereocenters. The van der Waals surface area contributed by atoms with E-state index in [1.165, 1.54) is 11.3 Å². The maximum Gasteiger partial charge on any atom is 0.244 e. The van der Waals surface area contributed by atoms with Gasteiger partial charge in [0.1, 0.15) is 0 Å². The zero-order valence-corrected chi connectivity index (χ0v) is 11.6. The van der Waals surface area contributed by atoms with Crippen LogP contribution in [-0.2, 0) is 16.6 Å². The van der Waals surface area contributed by atoms with Crippen LogP contribution in [0, 0.1) is 0 Å². The van der Waals surface area contributed by atoms with Crippen molar-refractivity contribution in [2.24, 2.45) is 5.73 Å². The molecule has 0 amide bonds. The molecule has 2 N–H and O–H groups in total. The van der Waals surface area contributed by atoms with E-state index >= 15 is 0 Å². The molecule has 1 aliphatic carbocycles. The normalized spacial score (nSPS) is 16.6. The van der Waals surface area contributed by atoms with E-state index in [2.05, 4.69) is 0 Å². The second-order valence-electron chi connectivity index (χ2n) is 4.26. The number of rotatable bonds is 6. The van der Waals surface area contributed by atoms with Crippen molar-refractivity contribution in [3.63, 3.8) is 0 Å². The van der Waals surface area contributed by atoms with Crippen LogP contribution in [0.25, 0.3) is 0 Å². The molecule has 0 bridgehead atoms. The highest BCUT2D eigenvalue weighted by Crippen LogP contribution is 2.34. The number of hydrogen-bond acceptors (Lipinski definition) is 4. The first-order valence-corrected chi connectivity index (χ1v) is 8.21. The van der Waals surface area contributed by atoms with Gasteiger partial charge in [-0.25, -0.2) is 8.42 Å². The standard InChI is InChI=1S/C11H18N2O2S2/c1-2-6-13(9-3-4-9)17(14,15)11-5-7-16-10(11)8-12/h5,7,9H,2-4,6,8,12H2,1H3. The maximum absolute atomic E-state index is 12.5. The Morgan fingerprint density at radius 1 is 1.53 bits per heavy atom. The average molecular weight is 274 g/mol. The minimum Gasteiger partial charge on any atom is -0.326 e. The summed E-state index contributed by atoms with van der Waals surface area (Å²) in [7, 11) is -3.34. The Bertz CT molecular complexity index is 477. The van der Waals surface area contributed by atoms with Crippen LogP contribution < -0.4 is 5.73 Å². The Labute approximate surface area is 106 Å². The summed E-state index contributed by atoms with van der Waals surface area (Å²) in [6.45, 7) is 2.89. The van der Waals surface area contributed by atoms with E-state index in [4.69, 9.17) is 5.73 Å². The Hall–Kier alpha value is -0.430. The van der Waals surface area contributed by atoms with Crippen molar-refractivity contribution in [3.8, 4) is 0 Å². The monoisotopic (exact) mass is 274 g/mol. The van der Waals surface area contributed by atoms with Crippen LogP contribution in [-0.4, -0.2) is 25.3 Å². The van der Waals surface area contributed by atoms with Gasteiger partial charge in [-0.3, -0.25) is 0 Å². The van der Waals surface area contributed by atoms with Crippen molar-refractivity contribution in [2.45, 2.75) is 43.7 Å². The fraction of sp³-hybridized carbons (Fsp3) is 0.636. The third kappa shape index (κ3) is 2.54. The predicted octanol–water partition coefficient (Wildman–Crippen LogP) is 1.77. The van der Waals surface area contributed by atoms with E-state index in [0.717, 1.165) is 24.1 Å². The van der Waals surface area contributed by atoms with Crippen LogP contribution in [0.3, 0.4) is 0 Å². The van der Waals surface area contributed by atoms with E-state index < -0.39 is 10.0 Å². The quantitative estimate of drug-likeness (QED) is 0.860. The van der Waals surface area contributed by atoms with Gasteiger partial charge in [-0.05, 0) is 30.7 Å². The Balaban J connectivity index is 2.33. The lowest BCUT2D eigenvalue weighted by atomic mass is 10.5. The van der Waals surface area contributed by atoms with Gasteiger partial charge >= 0.3 is 0 Å². The van der Waals surface area contributed by atoms with Gasteiger partial charge in [-0.2, -0.15) is 4.31 Å². The lowest BCUT2D eigenvalue weighted by molar-refractivity contribution is 0.403. The molecule has 2 rings (SSSR count). The molecule has 17 heavy (non-hydrogen) atoms. The molecule has 1 aromatic heterocycles. The highest BCUT2D eigenvalue weighted by molar-refractivity contribution is 7.89. The van der Waals surface area contributed by atoms with Gasteiger partial charge in [-0.1, -0.05) is 6.92 Å². The van der Waals surface area contributed by atoms with Gasteiger partial charge in [0, 0.05) is 24.0 Å². The minimum atomic E-state index is -3.34. The smallest absolute Gasteiger partial charge is 0.244 e. The Morgan fingerprint density at radius 2 is 2.24 bits per heavy atom. The summed E-state index contributed by atoms with van der Waals surface area (Å²) in [6, 6.07) is 1.89. The largest absolute Gasteiger partial charge is 0.326 e. The van der Waals surface area contributed by atoms with E-state index in [-0.39, 0.29) is 12.6 Å². The van der Waals surface area contributed by atoms with Crippen LogP contribution in [0.4, 0.5) is 0 Å². The number of sulfonamides is 1. The lowest BCUT2D eigenvalue weighted by Gasteiger charge is -2.21. The van der Waals surface area contributed by atoms with Crippen molar-refractivity contribution in [1.82, 2.24) is 4.31 Å². The van der Waals surface area contributed by atoms with E-state index in [9.17, 15) is 8.42 Å². The summed E-state index contributed by atoms with van der Waals surface area (Å²) in [5.41, 5.74) is 5.59. The third-order valence-corrected chi connectivity index (χ3v) is 5.98. The third-order valence-electron chi connectivity index (χ3n) is 2.87. The predicted molar refractivity (Wildman–Crippen MR) is 69.4 cm³/mol. The van der Waals surface area contributed by atoms with Gasteiger partial charge in [0.25, 0.3) is 0 Å². The maximum atomic E-state index is 12.5. The van der Waals surface area contributed by atoms with Gasteiger partial charge < -0.3 is 5.73 Å². The summed E-state index contributed by atoms with van der Waals surface area (Å²) in [5, 5.41) is 1.80. The second kappa shape index (κ2) is 5.06. The Kier molecular flexibility index (Phi) is 3.87. The minimum absolute atomic E-state index is 0.213. The molecule has 0 saturated heterocycles. The van der Waals surface area contributed by atoms with Gasteiger partial charge in [0.05, 0.1) is 4.90 Å². The summed E-state index contributed by atoms with van der Waals surface area (Å²) >= 11 is 1.41. The average Bonchev–Trinajstić information content (AvgIpc) is 3.00. The first-order valence-electron chi connectivity index (χ1n) is 5.89. The van der Waals surface area contributed by atoms with E-state index in [1.807, 2.05) is 6.92 Å². The fourth-order valence-electron chi connectivity index (χ4n) is 1.92. The zero-order chi connectivity index (χ0) is 12.5. The molecule has 0 aromatic carbocycles. The van der Waals surface area contributed by atoms with Crippen LogP contribution in [0.2, 0.25) is 0 Å². The SMILES string of the molecule is CCCN(C1CC1)S(=O)(=O)c1ccsc1CN. The molecule has 0 atom stereocenters. The van der Waals surface area contributed by atoms with Crippen molar-refractivity contribution >= 4 is 21.4 Å². The summed E-state index contributed by atoms with van der Waals surface area (Å²) in [6.07, 6.45) is 2.82. The molecule has 1 saturated carbocycles. The first-order chi connectivity index (χ1) is 8.11. The molecule has 4 nitrogen and oxygen atoms in total. The zero-order valence-electron chi connectivity index (χ0n) is 9.93. The molecule has 96 valence electrons. The van der Waals surface area contributed by atoms with Gasteiger partial charge in [0.15, 0.2) is 0 Å². The number of nitrogens with zero attached hydrogens (tertiary/aromatic N) is 1. The highest BCUT2D eigenvalue weighted by atomic mass is 32.2. The molecule has 6 heteroatoms. The lowest BCUT2D eigenvalue weighted by Crippen LogP contribution is -2.34. The highest BCUT2D eigenvalue weighted by Gasteiger charge is 2.38. The summed E-state index contributed by atoms with van der Waals surface area (Å²) in [4.78, 5) is 1.16. The molecule has 0 spiro atoms.